The Morgan fingerprint density at radius 2 is 1.88 bits per heavy atom. The van der Waals surface area contributed by atoms with Crippen LogP contribution in [-0.2, 0) is 0 Å². The zero-order valence-corrected chi connectivity index (χ0v) is 14.9. The van der Waals surface area contributed by atoms with Gasteiger partial charge in [0.1, 0.15) is 11.5 Å². The van der Waals surface area contributed by atoms with Crippen molar-refractivity contribution in [2.45, 2.75) is 18.9 Å². The first-order chi connectivity index (χ1) is 12.8. The third-order valence-corrected chi connectivity index (χ3v) is 4.76. The Morgan fingerprint density at radius 3 is 2.65 bits per heavy atom. The number of anilines is 1. The van der Waals surface area contributed by atoms with E-state index in [9.17, 15) is 0 Å². The molecule has 1 fully saturated rings. The van der Waals surface area contributed by atoms with Crippen LogP contribution in [-0.4, -0.2) is 41.0 Å². The van der Waals surface area contributed by atoms with Crippen LogP contribution in [0.4, 0.5) is 5.95 Å². The van der Waals surface area contributed by atoms with Crippen LogP contribution < -0.4 is 14.4 Å². The molecule has 2 aromatic carbocycles. The van der Waals surface area contributed by atoms with Crippen molar-refractivity contribution in [1.29, 1.82) is 0 Å². The predicted octanol–water partition coefficient (Wildman–Crippen LogP) is 3.02. The van der Waals surface area contributed by atoms with Gasteiger partial charge in [-0.15, -0.1) is 0 Å². The number of rotatable bonds is 5. The minimum absolute atomic E-state index is 0.133. The lowest BCUT2D eigenvalue weighted by Crippen LogP contribution is -2.26. The SMILES string of the molecule is COc1ccc(OC)c([C@@H]2CCCN2c2nnnn2-c2ccccc2)c1. The maximum atomic E-state index is 5.60. The monoisotopic (exact) mass is 351 g/mol. The van der Waals surface area contributed by atoms with Gasteiger partial charge in [0, 0.05) is 12.1 Å². The van der Waals surface area contributed by atoms with E-state index >= 15 is 0 Å². The molecule has 7 nitrogen and oxygen atoms in total. The van der Waals surface area contributed by atoms with Gasteiger partial charge in [0.15, 0.2) is 0 Å². The highest BCUT2D eigenvalue weighted by Gasteiger charge is 2.32. The lowest BCUT2D eigenvalue weighted by atomic mass is 10.0. The van der Waals surface area contributed by atoms with Crippen LogP contribution in [0, 0.1) is 0 Å². The Labute approximate surface area is 152 Å². The number of hydrogen-bond donors (Lipinski definition) is 0. The number of aromatic nitrogens is 4. The first-order valence-electron chi connectivity index (χ1n) is 8.64. The minimum Gasteiger partial charge on any atom is -0.497 e. The predicted molar refractivity (Wildman–Crippen MR) is 98.0 cm³/mol. The Balaban J connectivity index is 1.74. The zero-order chi connectivity index (χ0) is 17.9. The van der Waals surface area contributed by atoms with Crippen molar-refractivity contribution in [2.24, 2.45) is 0 Å². The van der Waals surface area contributed by atoms with E-state index < -0.39 is 0 Å². The number of nitrogens with zero attached hydrogens (tertiary/aromatic N) is 5. The fourth-order valence-electron chi connectivity index (χ4n) is 3.53. The summed E-state index contributed by atoms with van der Waals surface area (Å²) in [6.07, 6.45) is 2.07. The van der Waals surface area contributed by atoms with Crippen molar-refractivity contribution in [1.82, 2.24) is 20.2 Å². The van der Waals surface area contributed by atoms with E-state index in [-0.39, 0.29) is 6.04 Å². The highest BCUT2D eigenvalue weighted by molar-refractivity contribution is 5.49. The Morgan fingerprint density at radius 1 is 1.04 bits per heavy atom. The van der Waals surface area contributed by atoms with Crippen molar-refractivity contribution in [3.63, 3.8) is 0 Å². The van der Waals surface area contributed by atoms with Crippen molar-refractivity contribution in [2.75, 3.05) is 25.7 Å². The zero-order valence-electron chi connectivity index (χ0n) is 14.9. The van der Waals surface area contributed by atoms with Gasteiger partial charge in [-0.05, 0) is 53.6 Å². The molecule has 0 radical (unpaired) electrons. The normalized spacial score (nSPS) is 16.7. The number of ether oxygens (including phenoxy) is 2. The Hall–Kier alpha value is -3.09. The molecule has 4 rings (SSSR count). The van der Waals surface area contributed by atoms with Crippen molar-refractivity contribution < 1.29 is 9.47 Å². The first-order valence-corrected chi connectivity index (χ1v) is 8.64. The van der Waals surface area contributed by atoms with Crippen LogP contribution in [0.2, 0.25) is 0 Å². The maximum Gasteiger partial charge on any atom is 0.250 e. The fourth-order valence-corrected chi connectivity index (χ4v) is 3.53. The lowest BCUT2D eigenvalue weighted by Gasteiger charge is -2.26. The summed E-state index contributed by atoms with van der Waals surface area (Å²) in [6.45, 7) is 0.887. The molecule has 1 aromatic heterocycles. The van der Waals surface area contributed by atoms with E-state index in [2.05, 4.69) is 20.4 Å². The molecule has 2 heterocycles. The first kappa shape index (κ1) is 16.4. The van der Waals surface area contributed by atoms with E-state index in [1.807, 2.05) is 48.5 Å². The van der Waals surface area contributed by atoms with Crippen LogP contribution in [0.15, 0.2) is 48.5 Å². The molecule has 1 atom stereocenters. The van der Waals surface area contributed by atoms with Crippen molar-refractivity contribution >= 4 is 5.95 Å². The molecule has 0 N–H and O–H groups in total. The molecule has 0 unspecified atom stereocenters. The number of hydrogen-bond acceptors (Lipinski definition) is 6. The van der Waals surface area contributed by atoms with Crippen LogP contribution in [0.25, 0.3) is 5.69 Å². The number of para-hydroxylation sites is 1. The molecule has 0 aliphatic carbocycles. The van der Waals surface area contributed by atoms with Gasteiger partial charge in [0.25, 0.3) is 5.95 Å². The summed E-state index contributed by atoms with van der Waals surface area (Å²) < 4.78 is 12.8. The Kier molecular flexibility index (Phi) is 4.43. The van der Waals surface area contributed by atoms with Crippen LogP contribution in [0.3, 0.4) is 0 Å². The molecular weight excluding hydrogens is 330 g/mol. The van der Waals surface area contributed by atoms with Gasteiger partial charge in [-0.25, -0.2) is 0 Å². The average molecular weight is 351 g/mol. The summed E-state index contributed by atoms with van der Waals surface area (Å²) in [5.74, 6) is 2.40. The van der Waals surface area contributed by atoms with Gasteiger partial charge in [-0.2, -0.15) is 4.68 Å². The van der Waals surface area contributed by atoms with Gasteiger partial charge in [-0.3, -0.25) is 0 Å². The summed E-state index contributed by atoms with van der Waals surface area (Å²) >= 11 is 0. The van der Waals surface area contributed by atoms with E-state index in [0.717, 1.165) is 48.1 Å². The summed E-state index contributed by atoms with van der Waals surface area (Å²) in [4.78, 5) is 2.24. The van der Waals surface area contributed by atoms with Crippen molar-refractivity contribution in [3.8, 4) is 17.2 Å². The topological polar surface area (TPSA) is 65.3 Å². The quantitative estimate of drug-likeness (QED) is 0.704. The van der Waals surface area contributed by atoms with Crippen LogP contribution in [0.5, 0.6) is 11.5 Å². The number of benzene rings is 2. The van der Waals surface area contributed by atoms with Crippen LogP contribution >= 0.6 is 0 Å². The molecule has 0 bridgehead atoms. The second kappa shape index (κ2) is 7.03. The second-order valence-electron chi connectivity index (χ2n) is 6.19. The van der Waals surface area contributed by atoms with E-state index in [1.54, 1.807) is 18.9 Å². The third-order valence-electron chi connectivity index (χ3n) is 4.76. The van der Waals surface area contributed by atoms with Gasteiger partial charge in [0.05, 0.1) is 25.9 Å². The van der Waals surface area contributed by atoms with Gasteiger partial charge in [0.2, 0.25) is 0 Å². The van der Waals surface area contributed by atoms with E-state index in [1.165, 1.54) is 0 Å². The summed E-state index contributed by atoms with van der Waals surface area (Å²) in [6, 6.07) is 16.0. The maximum absolute atomic E-state index is 5.60. The molecule has 26 heavy (non-hydrogen) atoms. The molecule has 0 saturated carbocycles. The average Bonchev–Trinajstić information content (AvgIpc) is 3.37. The number of methoxy groups -OCH3 is 2. The second-order valence-corrected chi connectivity index (χ2v) is 6.19. The molecule has 1 aliphatic heterocycles. The van der Waals surface area contributed by atoms with E-state index in [0.29, 0.717) is 0 Å². The molecule has 0 amide bonds. The smallest absolute Gasteiger partial charge is 0.250 e. The highest BCUT2D eigenvalue weighted by atomic mass is 16.5. The molecule has 0 spiro atoms. The lowest BCUT2D eigenvalue weighted by molar-refractivity contribution is 0.395. The number of tetrazole rings is 1. The van der Waals surface area contributed by atoms with Crippen LogP contribution in [0.1, 0.15) is 24.4 Å². The van der Waals surface area contributed by atoms with Gasteiger partial charge >= 0.3 is 0 Å². The van der Waals surface area contributed by atoms with E-state index in [4.69, 9.17) is 9.47 Å². The molecule has 134 valence electrons. The molecule has 7 heteroatoms. The summed E-state index contributed by atoms with van der Waals surface area (Å²) in [7, 11) is 3.37. The molecule has 1 saturated heterocycles. The molecular formula is C19H21N5O2. The van der Waals surface area contributed by atoms with Gasteiger partial charge in [-0.1, -0.05) is 23.3 Å². The summed E-state index contributed by atoms with van der Waals surface area (Å²) in [5.41, 5.74) is 2.03. The minimum atomic E-state index is 0.133. The third kappa shape index (κ3) is 2.85. The molecule has 1 aliphatic rings. The summed E-state index contributed by atoms with van der Waals surface area (Å²) in [5, 5.41) is 12.4. The van der Waals surface area contributed by atoms with Gasteiger partial charge < -0.3 is 14.4 Å². The Bertz CT molecular complexity index is 881. The standard InChI is InChI=1S/C19H21N5O2/c1-25-15-10-11-18(26-2)16(13-15)17-9-6-12-23(17)19-20-21-22-24(19)14-7-4-3-5-8-14/h3-5,7-8,10-11,13,17H,6,9,12H2,1-2H3/t17-/m0/s1. The molecule has 3 aromatic rings. The fraction of sp³-hybridized carbons (Fsp3) is 0.316. The van der Waals surface area contributed by atoms with Crippen molar-refractivity contribution in [3.05, 3.63) is 54.1 Å². The largest absolute Gasteiger partial charge is 0.497 e. The highest BCUT2D eigenvalue weighted by Crippen LogP contribution is 2.40.